The number of hydrogen-bond donors (Lipinski definition) is 1. The van der Waals surface area contributed by atoms with Crippen LogP contribution in [0.3, 0.4) is 0 Å². The molecule has 1 aromatic heterocycles. The quantitative estimate of drug-likeness (QED) is 0.512. The highest BCUT2D eigenvalue weighted by Gasteiger charge is 2.30. The number of hydrogen-bond acceptors (Lipinski definition) is 5. The van der Waals surface area contributed by atoms with E-state index in [1.807, 2.05) is 26.8 Å². The molecule has 1 unspecified atom stereocenters. The van der Waals surface area contributed by atoms with Gasteiger partial charge in [0.15, 0.2) is 5.16 Å². The van der Waals surface area contributed by atoms with Gasteiger partial charge in [-0.2, -0.15) is 5.26 Å². The molecule has 1 N–H and O–H groups in total. The largest absolute Gasteiger partial charge is 0.337 e. The van der Waals surface area contributed by atoms with Gasteiger partial charge in [0.25, 0.3) is 5.56 Å². The van der Waals surface area contributed by atoms with Crippen LogP contribution in [0.1, 0.15) is 34.1 Å². The van der Waals surface area contributed by atoms with Gasteiger partial charge in [0.2, 0.25) is 5.91 Å². The van der Waals surface area contributed by atoms with Crippen molar-refractivity contribution in [2.45, 2.75) is 51.4 Å². The van der Waals surface area contributed by atoms with Crippen molar-refractivity contribution >= 4 is 44.5 Å². The zero-order valence-electron chi connectivity index (χ0n) is 15.9. The Balaban J connectivity index is 2.29. The molecular weight excluding hydrogens is 428 g/mol. The molecule has 8 heteroatoms. The van der Waals surface area contributed by atoms with Crippen molar-refractivity contribution in [3.63, 3.8) is 0 Å². The molecular formula is C19H23BrN4O2S. The van der Waals surface area contributed by atoms with E-state index in [0.29, 0.717) is 22.6 Å². The molecule has 0 saturated heterocycles. The molecule has 0 bridgehead atoms. The molecule has 0 aliphatic rings. The summed E-state index contributed by atoms with van der Waals surface area (Å²) >= 11 is 4.59. The molecule has 0 radical (unpaired) electrons. The van der Waals surface area contributed by atoms with Crippen molar-refractivity contribution in [3.05, 3.63) is 33.0 Å². The monoisotopic (exact) mass is 450 g/mol. The summed E-state index contributed by atoms with van der Waals surface area (Å²) < 4.78 is 2.43. The molecule has 2 aromatic rings. The van der Waals surface area contributed by atoms with Gasteiger partial charge in [-0.25, -0.2) is 4.98 Å². The molecule has 27 heavy (non-hydrogen) atoms. The lowest BCUT2D eigenvalue weighted by molar-refractivity contribution is -0.120. The minimum absolute atomic E-state index is 0.0213. The summed E-state index contributed by atoms with van der Waals surface area (Å²) in [6, 6.07) is 7.54. The SMILES string of the molecule is CCCn1c(SCC(=O)NC(C)(C#N)C(C)C)nc2ccc(Br)cc2c1=O. The van der Waals surface area contributed by atoms with E-state index in [4.69, 9.17) is 0 Å². The van der Waals surface area contributed by atoms with E-state index in [1.54, 1.807) is 23.6 Å². The van der Waals surface area contributed by atoms with Crippen molar-refractivity contribution < 1.29 is 4.79 Å². The summed E-state index contributed by atoms with van der Waals surface area (Å²) in [6.45, 7) is 8.00. The third kappa shape index (κ3) is 4.90. The van der Waals surface area contributed by atoms with E-state index in [2.05, 4.69) is 32.3 Å². The summed E-state index contributed by atoms with van der Waals surface area (Å²) in [4.78, 5) is 29.8. The van der Waals surface area contributed by atoms with Gasteiger partial charge in [0, 0.05) is 11.0 Å². The number of benzene rings is 1. The second-order valence-corrected chi connectivity index (χ2v) is 8.68. The van der Waals surface area contributed by atoms with Gasteiger partial charge in [-0.05, 0) is 37.5 Å². The predicted molar refractivity (Wildman–Crippen MR) is 112 cm³/mol. The molecule has 144 valence electrons. The first kappa shape index (κ1) is 21.5. The Bertz CT molecular complexity index is 951. The van der Waals surface area contributed by atoms with Gasteiger partial charge >= 0.3 is 0 Å². The zero-order chi connectivity index (χ0) is 20.2. The normalized spacial score (nSPS) is 13.4. The smallest absolute Gasteiger partial charge is 0.262 e. The number of halogens is 1. The van der Waals surface area contributed by atoms with E-state index < -0.39 is 5.54 Å². The number of carbonyl (C=O) groups excluding carboxylic acids is 1. The lowest BCUT2D eigenvalue weighted by atomic mass is 9.90. The zero-order valence-corrected chi connectivity index (χ0v) is 18.3. The highest BCUT2D eigenvalue weighted by Crippen LogP contribution is 2.21. The van der Waals surface area contributed by atoms with Gasteiger partial charge in [-0.1, -0.05) is 48.5 Å². The Morgan fingerprint density at radius 2 is 2.19 bits per heavy atom. The maximum atomic E-state index is 12.8. The Hall–Kier alpha value is -1.85. The number of carbonyl (C=O) groups is 1. The Kier molecular flexibility index (Phi) is 7.06. The highest BCUT2D eigenvalue weighted by atomic mass is 79.9. The fraction of sp³-hybridized carbons (Fsp3) is 0.474. The number of rotatable bonds is 7. The van der Waals surface area contributed by atoms with Crippen LogP contribution in [0.4, 0.5) is 0 Å². The molecule has 0 spiro atoms. The van der Waals surface area contributed by atoms with Crippen LogP contribution < -0.4 is 10.9 Å². The molecule has 0 aliphatic carbocycles. The first-order chi connectivity index (χ1) is 12.7. The number of aromatic nitrogens is 2. The van der Waals surface area contributed by atoms with Crippen LogP contribution in [0.25, 0.3) is 10.9 Å². The summed E-state index contributed by atoms with van der Waals surface area (Å²) in [7, 11) is 0. The van der Waals surface area contributed by atoms with Gasteiger partial charge in [0.1, 0.15) is 5.54 Å². The van der Waals surface area contributed by atoms with Crippen molar-refractivity contribution in [2.75, 3.05) is 5.75 Å². The first-order valence-corrected chi connectivity index (χ1v) is 10.5. The minimum Gasteiger partial charge on any atom is -0.337 e. The number of fused-ring (bicyclic) bond motifs is 1. The predicted octanol–water partition coefficient (Wildman–Crippen LogP) is 3.72. The maximum absolute atomic E-state index is 12.8. The fourth-order valence-electron chi connectivity index (χ4n) is 2.46. The van der Waals surface area contributed by atoms with Gasteiger partial charge in [0.05, 0.1) is 22.7 Å². The van der Waals surface area contributed by atoms with E-state index in [-0.39, 0.29) is 23.1 Å². The van der Waals surface area contributed by atoms with Crippen molar-refractivity contribution in [3.8, 4) is 6.07 Å². The number of amides is 1. The fourth-order valence-corrected chi connectivity index (χ4v) is 3.65. The summed E-state index contributed by atoms with van der Waals surface area (Å²) in [5.41, 5.74) is -0.443. The summed E-state index contributed by atoms with van der Waals surface area (Å²) in [6.07, 6.45) is 0.778. The van der Waals surface area contributed by atoms with E-state index in [1.165, 1.54) is 11.8 Å². The van der Waals surface area contributed by atoms with Crippen molar-refractivity contribution in [1.29, 1.82) is 5.26 Å². The Morgan fingerprint density at radius 1 is 1.48 bits per heavy atom. The molecule has 2 rings (SSSR count). The average molecular weight is 451 g/mol. The van der Waals surface area contributed by atoms with Crippen LogP contribution in [-0.4, -0.2) is 26.8 Å². The average Bonchev–Trinajstić information content (AvgIpc) is 2.63. The molecule has 1 atom stereocenters. The number of nitrogens with zero attached hydrogens (tertiary/aromatic N) is 3. The number of nitriles is 1. The van der Waals surface area contributed by atoms with E-state index in [9.17, 15) is 14.9 Å². The second-order valence-electron chi connectivity index (χ2n) is 6.82. The molecule has 6 nitrogen and oxygen atoms in total. The van der Waals surface area contributed by atoms with Gasteiger partial charge in [-0.3, -0.25) is 14.2 Å². The van der Waals surface area contributed by atoms with Crippen LogP contribution >= 0.6 is 27.7 Å². The summed E-state index contributed by atoms with van der Waals surface area (Å²) in [5.74, 6) is -0.194. The van der Waals surface area contributed by atoms with Crippen LogP contribution in [0.15, 0.2) is 32.6 Å². The van der Waals surface area contributed by atoms with Crippen molar-refractivity contribution in [2.24, 2.45) is 5.92 Å². The second kappa shape index (κ2) is 8.89. The molecule has 1 heterocycles. The lowest BCUT2D eigenvalue weighted by Gasteiger charge is -2.27. The number of nitrogens with one attached hydrogen (secondary N) is 1. The van der Waals surface area contributed by atoms with E-state index in [0.717, 1.165) is 10.9 Å². The molecule has 1 aromatic carbocycles. The van der Waals surface area contributed by atoms with Crippen LogP contribution in [0.5, 0.6) is 0 Å². The molecule has 0 aliphatic heterocycles. The van der Waals surface area contributed by atoms with Crippen molar-refractivity contribution in [1.82, 2.24) is 14.9 Å². The van der Waals surface area contributed by atoms with Crippen LogP contribution in [0.2, 0.25) is 0 Å². The molecule has 0 saturated carbocycles. The Morgan fingerprint density at radius 3 is 2.78 bits per heavy atom. The van der Waals surface area contributed by atoms with Gasteiger partial charge < -0.3 is 5.32 Å². The van der Waals surface area contributed by atoms with E-state index >= 15 is 0 Å². The standard InChI is InChI=1S/C19H23BrN4O2S/c1-5-8-24-17(26)14-9-13(20)6-7-15(14)22-18(24)27-10-16(25)23-19(4,11-21)12(2)3/h6-7,9,12H,5,8,10H2,1-4H3,(H,23,25). The first-order valence-electron chi connectivity index (χ1n) is 8.77. The minimum atomic E-state index is -0.927. The highest BCUT2D eigenvalue weighted by molar-refractivity contribution is 9.10. The topological polar surface area (TPSA) is 87.8 Å². The molecule has 0 fully saturated rings. The third-order valence-corrected chi connectivity index (χ3v) is 5.92. The lowest BCUT2D eigenvalue weighted by Crippen LogP contribution is -2.49. The summed E-state index contributed by atoms with van der Waals surface area (Å²) in [5, 5.41) is 13.2. The van der Waals surface area contributed by atoms with Gasteiger partial charge in [-0.15, -0.1) is 0 Å². The third-order valence-electron chi connectivity index (χ3n) is 4.45. The number of thioether (sulfide) groups is 1. The van der Waals surface area contributed by atoms with Crippen LogP contribution in [0, 0.1) is 17.2 Å². The van der Waals surface area contributed by atoms with Crippen LogP contribution in [-0.2, 0) is 11.3 Å². The molecule has 1 amide bonds. The Labute approximate surface area is 171 Å². The maximum Gasteiger partial charge on any atom is 0.262 e.